The number of piperidine rings is 1. The van der Waals surface area contributed by atoms with Crippen LogP contribution >= 0.6 is 0 Å². The molecule has 2 N–H and O–H groups in total. The zero-order chi connectivity index (χ0) is 29.6. The van der Waals surface area contributed by atoms with Gasteiger partial charge < -0.3 is 24.7 Å². The zero-order valence-corrected chi connectivity index (χ0v) is 21.8. The topological polar surface area (TPSA) is 119 Å². The smallest absolute Gasteiger partial charge is 0.475 e. The summed E-state index contributed by atoms with van der Waals surface area (Å²) in [5.41, 5.74) is 0.301. The van der Waals surface area contributed by atoms with Crippen molar-refractivity contribution in [2.24, 2.45) is 11.8 Å². The Morgan fingerprint density at radius 3 is 1.97 bits per heavy atom. The minimum Gasteiger partial charge on any atom is -0.475 e. The fourth-order valence-electron chi connectivity index (χ4n) is 4.19. The predicted octanol–water partition coefficient (Wildman–Crippen LogP) is 3.14. The first-order valence-corrected chi connectivity index (χ1v) is 12.1. The molecule has 39 heavy (non-hydrogen) atoms. The maximum Gasteiger partial charge on any atom is 0.490 e. The van der Waals surface area contributed by atoms with E-state index in [2.05, 4.69) is 32.9 Å². The molecule has 1 aromatic rings. The van der Waals surface area contributed by atoms with Crippen LogP contribution in [-0.2, 0) is 14.3 Å². The van der Waals surface area contributed by atoms with Crippen LogP contribution in [0.25, 0.3) is 0 Å². The van der Waals surface area contributed by atoms with Gasteiger partial charge in [0.05, 0.1) is 5.54 Å². The molecule has 2 aliphatic heterocycles. The first-order chi connectivity index (χ1) is 17.9. The summed E-state index contributed by atoms with van der Waals surface area (Å²) in [7, 11) is 6.32. The van der Waals surface area contributed by atoms with E-state index in [-0.39, 0.29) is 0 Å². The number of halogens is 6. The predicted molar refractivity (Wildman–Crippen MR) is 128 cm³/mol. The monoisotopic (exact) mass is 573 g/mol. The van der Waals surface area contributed by atoms with E-state index in [4.69, 9.17) is 24.5 Å². The molecule has 1 spiro atoms. The first kappa shape index (κ1) is 32.3. The Bertz CT molecular complexity index is 943. The molecule has 1 atom stereocenters. The van der Waals surface area contributed by atoms with Gasteiger partial charge in [0, 0.05) is 46.5 Å². The SMILES string of the molecule is CN(C)c1cc(N2CC3(CC(COCC4CC4)CCN3C)C2)ncn1.O=C(O)C(F)(F)F.O=C(O)C(F)(F)F. The molecule has 10 nitrogen and oxygen atoms in total. The van der Waals surface area contributed by atoms with Gasteiger partial charge in [-0.15, -0.1) is 0 Å². The number of carbonyl (C=O) groups is 2. The summed E-state index contributed by atoms with van der Waals surface area (Å²) in [6.07, 6.45) is -3.23. The molecule has 16 heteroatoms. The zero-order valence-electron chi connectivity index (χ0n) is 21.8. The van der Waals surface area contributed by atoms with Crippen LogP contribution in [0.2, 0.25) is 0 Å². The number of hydrogen-bond donors (Lipinski definition) is 2. The summed E-state index contributed by atoms with van der Waals surface area (Å²) >= 11 is 0. The van der Waals surface area contributed by atoms with Gasteiger partial charge in [-0.05, 0) is 51.1 Å². The van der Waals surface area contributed by atoms with Gasteiger partial charge in [0.2, 0.25) is 0 Å². The van der Waals surface area contributed by atoms with Crippen LogP contribution in [0.3, 0.4) is 0 Å². The number of carboxylic acids is 2. The maximum atomic E-state index is 10.6. The quantitative estimate of drug-likeness (QED) is 0.492. The number of rotatable bonds is 6. The van der Waals surface area contributed by atoms with Crippen molar-refractivity contribution in [1.82, 2.24) is 14.9 Å². The largest absolute Gasteiger partial charge is 0.490 e. The van der Waals surface area contributed by atoms with E-state index < -0.39 is 24.3 Å². The van der Waals surface area contributed by atoms with Crippen LogP contribution in [0, 0.1) is 11.8 Å². The number of aliphatic carboxylic acids is 2. The van der Waals surface area contributed by atoms with E-state index in [1.807, 2.05) is 19.0 Å². The minimum atomic E-state index is -5.08. The molecular formula is C23H33F6N5O5. The standard InChI is InChI=1S/C19H31N5O.2C2HF3O2/c1-22(2)17-8-18(21-14-20-17)24-12-19(13-24)9-16(6-7-23(19)3)11-25-10-15-4-5-15;2*3-2(4,5)1(6)7/h8,14-16H,4-7,9-13H2,1-3H3;2*(H,6,7). The highest BCUT2D eigenvalue weighted by Crippen LogP contribution is 2.40. The maximum absolute atomic E-state index is 10.6. The Morgan fingerprint density at radius 2 is 1.51 bits per heavy atom. The molecule has 222 valence electrons. The number of likely N-dealkylation sites (N-methyl/N-ethyl adjacent to an activating group) is 1. The fraction of sp³-hybridized carbons (Fsp3) is 0.739. The van der Waals surface area contributed by atoms with E-state index in [0.29, 0.717) is 11.5 Å². The van der Waals surface area contributed by atoms with Crippen molar-refractivity contribution in [3.8, 4) is 0 Å². The number of likely N-dealkylation sites (tertiary alicyclic amines) is 1. The van der Waals surface area contributed by atoms with Crippen molar-refractivity contribution in [2.45, 2.75) is 43.6 Å². The number of hydrogen-bond acceptors (Lipinski definition) is 8. The fourth-order valence-corrected chi connectivity index (χ4v) is 4.19. The summed E-state index contributed by atoms with van der Waals surface area (Å²) in [5.74, 6) is -1.93. The van der Waals surface area contributed by atoms with Crippen molar-refractivity contribution >= 4 is 23.6 Å². The average Bonchev–Trinajstić information content (AvgIpc) is 3.63. The second-order valence-corrected chi connectivity index (χ2v) is 10.1. The minimum absolute atomic E-state index is 0.301. The highest BCUT2D eigenvalue weighted by molar-refractivity contribution is 5.73. The molecule has 0 radical (unpaired) electrons. The summed E-state index contributed by atoms with van der Waals surface area (Å²) in [6.45, 7) is 5.24. The number of carboxylic acid groups (broad SMARTS) is 2. The van der Waals surface area contributed by atoms with E-state index in [0.717, 1.165) is 43.9 Å². The Balaban J connectivity index is 0.000000317. The summed E-state index contributed by atoms with van der Waals surface area (Å²) in [4.78, 5) is 33.6. The van der Waals surface area contributed by atoms with E-state index in [1.165, 1.54) is 32.2 Å². The molecular weight excluding hydrogens is 540 g/mol. The Hall–Kier alpha value is -2.88. The van der Waals surface area contributed by atoms with Gasteiger partial charge in [0.1, 0.15) is 18.0 Å². The molecule has 4 rings (SSSR count). The number of aromatic nitrogens is 2. The lowest BCUT2D eigenvalue weighted by molar-refractivity contribution is -0.193. The molecule has 1 unspecified atom stereocenters. The first-order valence-electron chi connectivity index (χ1n) is 12.1. The third-order valence-electron chi connectivity index (χ3n) is 6.63. The van der Waals surface area contributed by atoms with Crippen molar-refractivity contribution in [3.05, 3.63) is 12.4 Å². The van der Waals surface area contributed by atoms with Gasteiger partial charge >= 0.3 is 24.3 Å². The summed E-state index contributed by atoms with van der Waals surface area (Å²) in [6, 6.07) is 2.09. The summed E-state index contributed by atoms with van der Waals surface area (Å²) in [5, 5.41) is 14.2. The number of anilines is 2. The van der Waals surface area contributed by atoms with Gasteiger partial charge in [0.15, 0.2) is 0 Å². The molecule has 0 bridgehead atoms. The lowest BCUT2D eigenvalue weighted by Gasteiger charge is -2.59. The van der Waals surface area contributed by atoms with Crippen LogP contribution < -0.4 is 9.80 Å². The molecule has 1 aliphatic carbocycles. The lowest BCUT2D eigenvalue weighted by Crippen LogP contribution is -2.72. The third-order valence-corrected chi connectivity index (χ3v) is 6.63. The third kappa shape index (κ3) is 9.98. The highest BCUT2D eigenvalue weighted by Gasteiger charge is 2.50. The van der Waals surface area contributed by atoms with Gasteiger partial charge in [0.25, 0.3) is 0 Å². The highest BCUT2D eigenvalue weighted by atomic mass is 19.4. The molecule has 2 saturated heterocycles. The van der Waals surface area contributed by atoms with Gasteiger partial charge in [-0.2, -0.15) is 26.3 Å². The molecule has 3 fully saturated rings. The Morgan fingerprint density at radius 1 is 1.00 bits per heavy atom. The average molecular weight is 574 g/mol. The van der Waals surface area contributed by atoms with Crippen molar-refractivity contribution in [2.75, 3.05) is 63.8 Å². The number of nitrogens with zero attached hydrogens (tertiary/aromatic N) is 5. The van der Waals surface area contributed by atoms with Crippen molar-refractivity contribution < 1.29 is 50.9 Å². The normalized spacial score (nSPS) is 20.6. The van der Waals surface area contributed by atoms with Gasteiger partial charge in [-0.25, -0.2) is 19.6 Å². The number of alkyl halides is 6. The van der Waals surface area contributed by atoms with Crippen LogP contribution in [0.5, 0.6) is 0 Å². The second kappa shape index (κ2) is 13.0. The summed E-state index contributed by atoms with van der Waals surface area (Å²) < 4.78 is 69.5. The Kier molecular flexibility index (Phi) is 10.8. The number of ether oxygens (including phenoxy) is 1. The molecule has 0 aromatic carbocycles. The van der Waals surface area contributed by atoms with Gasteiger partial charge in [-0.3, -0.25) is 4.90 Å². The van der Waals surface area contributed by atoms with E-state index in [1.54, 1.807) is 6.33 Å². The second-order valence-electron chi connectivity index (χ2n) is 10.1. The van der Waals surface area contributed by atoms with Crippen LogP contribution in [0.15, 0.2) is 12.4 Å². The van der Waals surface area contributed by atoms with Crippen LogP contribution in [0.4, 0.5) is 38.0 Å². The van der Waals surface area contributed by atoms with Crippen LogP contribution in [0.1, 0.15) is 25.7 Å². The molecule has 1 aromatic heterocycles. The Labute approximate surface area is 221 Å². The van der Waals surface area contributed by atoms with E-state index >= 15 is 0 Å². The van der Waals surface area contributed by atoms with Crippen molar-refractivity contribution in [1.29, 1.82) is 0 Å². The van der Waals surface area contributed by atoms with Crippen LogP contribution in [-0.4, -0.2) is 109 Å². The lowest BCUT2D eigenvalue weighted by atomic mass is 9.75. The molecule has 3 aliphatic rings. The molecule has 1 saturated carbocycles. The van der Waals surface area contributed by atoms with Gasteiger partial charge in [-0.1, -0.05) is 0 Å². The molecule has 0 amide bonds. The van der Waals surface area contributed by atoms with E-state index in [9.17, 15) is 26.3 Å². The molecule has 3 heterocycles. The van der Waals surface area contributed by atoms with Crippen molar-refractivity contribution in [3.63, 3.8) is 0 Å².